The monoisotopic (exact) mass is 408 g/mol. The number of amides is 1. The van der Waals surface area contributed by atoms with E-state index in [-0.39, 0.29) is 5.91 Å². The van der Waals surface area contributed by atoms with Crippen LogP contribution in [0, 0.1) is 0 Å². The fourth-order valence-corrected chi connectivity index (χ4v) is 3.58. The quantitative estimate of drug-likeness (QED) is 0.466. The van der Waals surface area contributed by atoms with Gasteiger partial charge in [-0.1, -0.05) is 48.5 Å². The maximum atomic E-state index is 13.0. The van der Waals surface area contributed by atoms with Gasteiger partial charge in [-0.3, -0.25) is 14.0 Å². The molecule has 0 spiro atoms. The minimum Gasteiger partial charge on any atom is -0.350 e. The van der Waals surface area contributed by atoms with E-state index in [9.17, 15) is 4.79 Å². The number of nitrogens with one attached hydrogen (secondary N) is 1. The van der Waals surface area contributed by atoms with Crippen LogP contribution in [-0.2, 0) is 11.3 Å². The number of pyridine rings is 1. The van der Waals surface area contributed by atoms with Gasteiger partial charge in [0, 0.05) is 25.1 Å². The van der Waals surface area contributed by atoms with Crippen LogP contribution in [0.1, 0.15) is 17.2 Å². The van der Waals surface area contributed by atoms with Crippen LogP contribution in [0.4, 0.5) is 0 Å². The number of carbonyl (C=O) groups excluding carboxylic acids is 1. The van der Waals surface area contributed by atoms with E-state index < -0.39 is 6.04 Å². The Morgan fingerprint density at radius 3 is 2.55 bits per heavy atom. The van der Waals surface area contributed by atoms with Crippen LogP contribution in [-0.4, -0.2) is 30.2 Å². The van der Waals surface area contributed by atoms with Crippen molar-refractivity contribution in [2.45, 2.75) is 12.6 Å². The van der Waals surface area contributed by atoms with Crippen molar-refractivity contribution in [2.75, 3.05) is 0 Å². The van der Waals surface area contributed by atoms with Gasteiger partial charge >= 0.3 is 0 Å². The molecule has 2 aromatic carbocycles. The second-order valence-electron chi connectivity index (χ2n) is 7.15. The van der Waals surface area contributed by atoms with Gasteiger partial charge in [-0.2, -0.15) is 5.10 Å². The minimum atomic E-state index is -0.527. The lowest BCUT2D eigenvalue weighted by Gasteiger charge is -2.18. The van der Waals surface area contributed by atoms with E-state index >= 15 is 0 Å². The zero-order valence-electron chi connectivity index (χ0n) is 16.7. The first-order chi connectivity index (χ1) is 15.3. The summed E-state index contributed by atoms with van der Waals surface area (Å²) in [5.41, 5.74) is 3.71. The third kappa shape index (κ3) is 3.81. The number of rotatable bonds is 6. The zero-order valence-corrected chi connectivity index (χ0v) is 16.7. The average Bonchev–Trinajstić information content (AvgIpc) is 3.49. The van der Waals surface area contributed by atoms with Crippen LogP contribution in [0.3, 0.4) is 0 Å². The van der Waals surface area contributed by atoms with E-state index in [4.69, 9.17) is 0 Å². The van der Waals surface area contributed by atoms with Gasteiger partial charge in [-0.05, 0) is 35.4 Å². The highest BCUT2D eigenvalue weighted by Gasteiger charge is 2.22. The highest BCUT2D eigenvalue weighted by Crippen LogP contribution is 2.19. The van der Waals surface area contributed by atoms with Gasteiger partial charge in [0.05, 0.1) is 11.0 Å². The maximum absolute atomic E-state index is 13.0. The van der Waals surface area contributed by atoms with Gasteiger partial charge in [-0.25, -0.2) is 9.97 Å². The summed E-state index contributed by atoms with van der Waals surface area (Å²) >= 11 is 0. The molecule has 0 saturated heterocycles. The summed E-state index contributed by atoms with van der Waals surface area (Å²) in [6.45, 7) is 0.376. The van der Waals surface area contributed by atoms with E-state index in [1.807, 2.05) is 77.4 Å². The molecule has 0 aliphatic rings. The number of hydrogen-bond donors (Lipinski definition) is 1. The normalized spacial score (nSPS) is 12.0. The molecular formula is C24H20N6O. The summed E-state index contributed by atoms with van der Waals surface area (Å²) in [5, 5.41) is 7.28. The van der Waals surface area contributed by atoms with Crippen molar-refractivity contribution in [1.82, 2.24) is 29.6 Å². The Labute approximate surface area is 179 Å². The molecule has 1 N–H and O–H groups in total. The molecule has 1 atom stereocenters. The molecule has 0 aliphatic heterocycles. The van der Waals surface area contributed by atoms with Crippen molar-refractivity contribution in [3.05, 3.63) is 109 Å². The Balaban J connectivity index is 1.32. The largest absolute Gasteiger partial charge is 0.350 e. The van der Waals surface area contributed by atoms with Gasteiger partial charge in [0.1, 0.15) is 12.1 Å². The molecule has 0 radical (unpaired) electrons. The van der Waals surface area contributed by atoms with Crippen molar-refractivity contribution in [3.8, 4) is 5.82 Å². The van der Waals surface area contributed by atoms with Crippen LogP contribution in [0.2, 0.25) is 0 Å². The number of nitrogens with zero attached hydrogens (tertiary/aromatic N) is 5. The van der Waals surface area contributed by atoms with Gasteiger partial charge in [0.25, 0.3) is 0 Å². The molecule has 7 nitrogen and oxygen atoms in total. The molecular weight excluding hydrogens is 388 g/mol. The fourth-order valence-electron chi connectivity index (χ4n) is 3.58. The van der Waals surface area contributed by atoms with Crippen molar-refractivity contribution in [2.24, 2.45) is 0 Å². The van der Waals surface area contributed by atoms with E-state index in [0.29, 0.717) is 6.54 Å². The summed E-state index contributed by atoms with van der Waals surface area (Å²) < 4.78 is 3.61. The Morgan fingerprint density at radius 1 is 0.935 bits per heavy atom. The first-order valence-corrected chi connectivity index (χ1v) is 9.99. The summed E-state index contributed by atoms with van der Waals surface area (Å²) in [5.74, 6) is 0.655. The third-order valence-corrected chi connectivity index (χ3v) is 5.13. The van der Waals surface area contributed by atoms with Crippen LogP contribution >= 0.6 is 0 Å². The number of carbonyl (C=O) groups is 1. The average molecular weight is 408 g/mol. The minimum absolute atomic E-state index is 0.125. The van der Waals surface area contributed by atoms with Crippen LogP contribution < -0.4 is 5.32 Å². The number of fused-ring (bicyclic) bond motifs is 1. The number of aromatic nitrogens is 5. The highest BCUT2D eigenvalue weighted by atomic mass is 16.2. The predicted molar refractivity (Wildman–Crippen MR) is 118 cm³/mol. The Hall–Kier alpha value is -4.26. The lowest BCUT2D eigenvalue weighted by atomic mass is 10.1. The Bertz CT molecular complexity index is 1290. The van der Waals surface area contributed by atoms with Crippen LogP contribution in [0.5, 0.6) is 0 Å². The second-order valence-corrected chi connectivity index (χ2v) is 7.15. The van der Waals surface area contributed by atoms with E-state index in [2.05, 4.69) is 20.4 Å². The highest BCUT2D eigenvalue weighted by molar-refractivity contribution is 5.83. The molecule has 0 aliphatic carbocycles. The van der Waals surface area contributed by atoms with E-state index in [0.717, 1.165) is 28.0 Å². The maximum Gasteiger partial charge on any atom is 0.249 e. The summed E-state index contributed by atoms with van der Waals surface area (Å²) in [7, 11) is 0. The summed E-state index contributed by atoms with van der Waals surface area (Å²) in [4.78, 5) is 22.0. The van der Waals surface area contributed by atoms with E-state index in [1.54, 1.807) is 29.6 Å². The molecule has 5 aromatic rings. The number of benzene rings is 2. The molecule has 3 heterocycles. The molecule has 0 bridgehead atoms. The number of hydrogen-bond acceptors (Lipinski definition) is 4. The smallest absolute Gasteiger partial charge is 0.249 e. The van der Waals surface area contributed by atoms with Gasteiger partial charge < -0.3 is 5.32 Å². The first-order valence-electron chi connectivity index (χ1n) is 9.99. The Morgan fingerprint density at radius 2 is 1.77 bits per heavy atom. The third-order valence-electron chi connectivity index (χ3n) is 5.13. The molecule has 1 amide bonds. The molecule has 0 saturated carbocycles. The molecule has 31 heavy (non-hydrogen) atoms. The summed E-state index contributed by atoms with van der Waals surface area (Å²) in [6.07, 6.45) is 7.01. The van der Waals surface area contributed by atoms with Crippen molar-refractivity contribution in [1.29, 1.82) is 0 Å². The zero-order chi connectivity index (χ0) is 21.0. The lowest BCUT2D eigenvalue weighted by molar-refractivity contribution is -0.123. The molecule has 152 valence electrons. The molecule has 1 unspecified atom stereocenters. The number of imidazole rings is 1. The van der Waals surface area contributed by atoms with Crippen molar-refractivity contribution in [3.63, 3.8) is 0 Å². The Kier molecular flexibility index (Phi) is 4.98. The fraction of sp³-hybridized carbons (Fsp3) is 0.0833. The molecule has 0 fully saturated rings. The van der Waals surface area contributed by atoms with Gasteiger partial charge in [0.15, 0.2) is 6.04 Å². The standard InChI is InChI=1S/C24H20N6O/c31-24(23(30-14-6-13-28-30)19-7-2-1-3-8-19)26-16-18-11-12-22(25-15-18)29-17-27-20-9-4-5-10-21(20)29/h1-15,17,23H,16H2,(H,26,31). The topological polar surface area (TPSA) is 77.6 Å². The van der Waals surface area contributed by atoms with E-state index in [1.165, 1.54) is 0 Å². The molecule has 3 aromatic heterocycles. The second kappa shape index (κ2) is 8.23. The van der Waals surface area contributed by atoms with Crippen molar-refractivity contribution < 1.29 is 4.79 Å². The lowest BCUT2D eigenvalue weighted by Crippen LogP contribution is -2.33. The SMILES string of the molecule is O=C(NCc1ccc(-n2cnc3ccccc32)nc1)C(c1ccccc1)n1cccn1. The van der Waals surface area contributed by atoms with Crippen LogP contribution in [0.15, 0.2) is 97.7 Å². The predicted octanol–water partition coefficient (Wildman–Crippen LogP) is 3.52. The summed E-state index contributed by atoms with van der Waals surface area (Å²) in [6, 6.07) is 22.7. The molecule has 5 rings (SSSR count). The number of para-hydroxylation sites is 2. The van der Waals surface area contributed by atoms with Crippen molar-refractivity contribution >= 4 is 16.9 Å². The van der Waals surface area contributed by atoms with Gasteiger partial charge in [0.2, 0.25) is 5.91 Å². The van der Waals surface area contributed by atoms with Crippen LogP contribution in [0.25, 0.3) is 16.9 Å². The van der Waals surface area contributed by atoms with Gasteiger partial charge in [-0.15, -0.1) is 0 Å². The molecule has 7 heteroatoms. The first kappa shape index (κ1) is 18.7.